The van der Waals surface area contributed by atoms with Crippen LogP contribution in [0.3, 0.4) is 0 Å². The predicted octanol–water partition coefficient (Wildman–Crippen LogP) is 1.92. The van der Waals surface area contributed by atoms with Gasteiger partial charge in [0.1, 0.15) is 0 Å². The first-order valence-electron chi connectivity index (χ1n) is 6.77. The van der Waals surface area contributed by atoms with Gasteiger partial charge in [-0.05, 0) is 25.1 Å². The number of primary sulfonamides is 1. The zero-order valence-corrected chi connectivity index (χ0v) is 13.1. The fourth-order valence-electron chi connectivity index (χ4n) is 2.24. The van der Waals surface area contributed by atoms with Crippen molar-refractivity contribution < 1.29 is 31.1 Å². The molecule has 0 spiro atoms. The van der Waals surface area contributed by atoms with Crippen LogP contribution in [0, 0.1) is 0 Å². The maximum Gasteiger partial charge on any atom is 0.417 e. The number of halogens is 3. The van der Waals surface area contributed by atoms with E-state index in [-0.39, 0.29) is 5.69 Å². The zero-order chi connectivity index (χ0) is 17.3. The Morgan fingerprint density at radius 2 is 1.91 bits per heavy atom. The molecule has 1 fully saturated rings. The van der Waals surface area contributed by atoms with Gasteiger partial charge in [0.05, 0.1) is 23.7 Å². The van der Waals surface area contributed by atoms with Crippen molar-refractivity contribution in [1.82, 2.24) is 0 Å². The van der Waals surface area contributed by atoms with E-state index in [1.54, 1.807) is 6.92 Å². The van der Waals surface area contributed by atoms with E-state index < -0.39 is 32.4 Å². The van der Waals surface area contributed by atoms with Crippen LogP contribution in [0.4, 0.5) is 18.9 Å². The van der Waals surface area contributed by atoms with Crippen LogP contribution in [-0.2, 0) is 25.7 Å². The molecule has 0 atom stereocenters. The molecule has 1 aliphatic rings. The molecule has 3 N–H and O–H groups in total. The average molecular weight is 354 g/mol. The normalized spacial score (nSPS) is 18.1. The number of anilines is 1. The Morgan fingerprint density at radius 1 is 1.30 bits per heavy atom. The van der Waals surface area contributed by atoms with E-state index in [0.717, 1.165) is 12.1 Å². The highest BCUT2D eigenvalue weighted by Gasteiger charge is 2.36. The molecule has 1 heterocycles. The van der Waals surface area contributed by atoms with Crippen molar-refractivity contribution in [2.24, 2.45) is 5.14 Å². The van der Waals surface area contributed by atoms with Crippen molar-refractivity contribution in [3.05, 3.63) is 23.8 Å². The second-order valence-electron chi connectivity index (χ2n) is 5.26. The Morgan fingerprint density at radius 3 is 2.43 bits per heavy atom. The molecule has 1 saturated heterocycles. The van der Waals surface area contributed by atoms with Crippen LogP contribution in [0.1, 0.15) is 18.9 Å². The number of alkyl halides is 3. The Labute approximate surface area is 131 Å². The van der Waals surface area contributed by atoms with Gasteiger partial charge in [-0.25, -0.2) is 13.6 Å². The SMILES string of the molecule is CC1(CCNc2ccc(S(N)(=O)=O)c(C(F)(F)F)c2)OCCO1. The van der Waals surface area contributed by atoms with Gasteiger partial charge in [-0.1, -0.05) is 0 Å². The van der Waals surface area contributed by atoms with Gasteiger partial charge in [0.25, 0.3) is 0 Å². The Hall–Kier alpha value is -1.36. The summed E-state index contributed by atoms with van der Waals surface area (Å²) in [6, 6.07) is 2.79. The lowest BCUT2D eigenvalue weighted by Crippen LogP contribution is -2.28. The molecule has 0 bridgehead atoms. The topological polar surface area (TPSA) is 90.7 Å². The highest BCUT2D eigenvalue weighted by molar-refractivity contribution is 7.89. The maximum absolute atomic E-state index is 13.0. The van der Waals surface area contributed by atoms with Gasteiger partial charge in [-0.15, -0.1) is 0 Å². The van der Waals surface area contributed by atoms with Crippen LogP contribution in [0.5, 0.6) is 0 Å². The number of hydrogen-bond acceptors (Lipinski definition) is 5. The van der Waals surface area contributed by atoms with Gasteiger partial charge in [-0.3, -0.25) is 0 Å². The summed E-state index contributed by atoms with van der Waals surface area (Å²) >= 11 is 0. The summed E-state index contributed by atoms with van der Waals surface area (Å²) in [4.78, 5) is -0.954. The highest BCUT2D eigenvalue weighted by Crippen LogP contribution is 2.35. The van der Waals surface area contributed by atoms with E-state index in [2.05, 4.69) is 5.32 Å². The molecular weight excluding hydrogens is 337 g/mol. The number of benzene rings is 1. The van der Waals surface area contributed by atoms with Gasteiger partial charge in [0, 0.05) is 18.7 Å². The first-order chi connectivity index (χ1) is 10.5. The van der Waals surface area contributed by atoms with Crippen molar-refractivity contribution in [3.63, 3.8) is 0 Å². The molecule has 2 rings (SSSR count). The van der Waals surface area contributed by atoms with Crippen LogP contribution >= 0.6 is 0 Å². The number of sulfonamides is 1. The number of nitrogens with two attached hydrogens (primary N) is 1. The molecule has 0 unspecified atom stereocenters. The molecule has 0 amide bonds. The van der Waals surface area contributed by atoms with Crippen molar-refractivity contribution in [1.29, 1.82) is 0 Å². The lowest BCUT2D eigenvalue weighted by Gasteiger charge is -2.22. The molecule has 0 saturated carbocycles. The van der Waals surface area contributed by atoms with E-state index >= 15 is 0 Å². The molecule has 0 aliphatic carbocycles. The van der Waals surface area contributed by atoms with Gasteiger partial charge in [0.15, 0.2) is 5.79 Å². The monoisotopic (exact) mass is 354 g/mol. The Balaban J connectivity index is 2.14. The Kier molecular flexibility index (Phi) is 4.90. The summed E-state index contributed by atoms with van der Waals surface area (Å²) in [5.74, 6) is -0.763. The fraction of sp³-hybridized carbons (Fsp3) is 0.538. The van der Waals surface area contributed by atoms with Crippen molar-refractivity contribution >= 4 is 15.7 Å². The fourth-order valence-corrected chi connectivity index (χ4v) is 2.98. The van der Waals surface area contributed by atoms with Gasteiger partial charge >= 0.3 is 6.18 Å². The first-order valence-corrected chi connectivity index (χ1v) is 8.32. The smallest absolute Gasteiger partial charge is 0.385 e. The summed E-state index contributed by atoms with van der Waals surface area (Å²) in [6.45, 7) is 2.98. The second-order valence-corrected chi connectivity index (χ2v) is 6.79. The largest absolute Gasteiger partial charge is 0.417 e. The third kappa shape index (κ3) is 4.56. The molecule has 1 aromatic carbocycles. The number of nitrogens with one attached hydrogen (secondary N) is 1. The third-order valence-corrected chi connectivity index (χ3v) is 4.37. The number of ether oxygens (including phenoxy) is 2. The molecule has 1 aromatic rings. The van der Waals surface area contributed by atoms with E-state index in [4.69, 9.17) is 14.6 Å². The van der Waals surface area contributed by atoms with E-state index in [1.165, 1.54) is 6.07 Å². The minimum atomic E-state index is -4.83. The first kappa shape index (κ1) is 18.0. The van der Waals surface area contributed by atoms with Crippen LogP contribution < -0.4 is 10.5 Å². The minimum absolute atomic E-state index is 0.131. The summed E-state index contributed by atoms with van der Waals surface area (Å²) in [6.07, 6.45) is -4.41. The van der Waals surface area contributed by atoms with Gasteiger partial charge in [-0.2, -0.15) is 13.2 Å². The predicted molar refractivity (Wildman–Crippen MR) is 76.2 cm³/mol. The molecule has 23 heavy (non-hydrogen) atoms. The van der Waals surface area contributed by atoms with Gasteiger partial charge in [0.2, 0.25) is 10.0 Å². The van der Waals surface area contributed by atoms with E-state index in [1.807, 2.05) is 0 Å². The lowest BCUT2D eigenvalue weighted by atomic mass is 10.1. The summed E-state index contributed by atoms with van der Waals surface area (Å²) in [5, 5.41) is 7.62. The third-order valence-electron chi connectivity index (χ3n) is 3.40. The molecule has 1 aliphatic heterocycles. The lowest BCUT2D eigenvalue weighted by molar-refractivity contribution is -0.144. The molecular formula is C13H17F3N2O4S. The van der Waals surface area contributed by atoms with E-state index in [9.17, 15) is 21.6 Å². The van der Waals surface area contributed by atoms with E-state index in [0.29, 0.717) is 26.2 Å². The summed E-state index contributed by atoms with van der Waals surface area (Å²) < 4.78 is 72.3. The number of rotatable bonds is 5. The van der Waals surface area contributed by atoms with Crippen molar-refractivity contribution in [2.45, 2.75) is 30.2 Å². The molecule has 10 heteroatoms. The summed E-state index contributed by atoms with van der Waals surface area (Å²) in [7, 11) is -4.46. The molecule has 0 aromatic heterocycles. The standard InChI is InChI=1S/C13H17F3N2O4S/c1-12(21-6-7-22-12)4-5-18-9-2-3-11(23(17,19)20)10(8-9)13(14,15)16/h2-3,8,18H,4-7H2,1H3,(H2,17,19,20). The number of hydrogen-bond donors (Lipinski definition) is 2. The van der Waals surface area contributed by atoms with Crippen LogP contribution in [0.25, 0.3) is 0 Å². The maximum atomic E-state index is 13.0. The Bertz CT molecular complexity index is 670. The molecule has 130 valence electrons. The van der Waals surface area contributed by atoms with Crippen molar-refractivity contribution in [2.75, 3.05) is 25.1 Å². The highest BCUT2D eigenvalue weighted by atomic mass is 32.2. The quantitative estimate of drug-likeness (QED) is 0.843. The van der Waals surface area contributed by atoms with Crippen LogP contribution in [0.2, 0.25) is 0 Å². The van der Waals surface area contributed by atoms with Crippen molar-refractivity contribution in [3.8, 4) is 0 Å². The summed E-state index contributed by atoms with van der Waals surface area (Å²) in [5.41, 5.74) is -1.17. The molecule has 6 nitrogen and oxygen atoms in total. The van der Waals surface area contributed by atoms with Crippen LogP contribution in [-0.4, -0.2) is 34.0 Å². The second kappa shape index (κ2) is 6.27. The zero-order valence-electron chi connectivity index (χ0n) is 12.3. The minimum Gasteiger partial charge on any atom is -0.385 e. The molecule has 0 radical (unpaired) electrons. The average Bonchev–Trinajstić information content (AvgIpc) is 2.83. The van der Waals surface area contributed by atoms with Crippen LogP contribution in [0.15, 0.2) is 23.1 Å². The van der Waals surface area contributed by atoms with Gasteiger partial charge < -0.3 is 14.8 Å².